The Bertz CT molecular complexity index is 992. The molecule has 0 unspecified atom stereocenters. The fourth-order valence-corrected chi connectivity index (χ4v) is 2.52. The third-order valence-corrected chi connectivity index (χ3v) is 3.87. The Hall–Kier alpha value is -3.62. The third-order valence-electron chi connectivity index (χ3n) is 3.87. The van der Waals surface area contributed by atoms with E-state index in [1.54, 1.807) is 25.3 Å². The van der Waals surface area contributed by atoms with Gasteiger partial charge in [0, 0.05) is 11.1 Å². The highest BCUT2D eigenvalue weighted by molar-refractivity contribution is 5.94. The van der Waals surface area contributed by atoms with Crippen molar-refractivity contribution in [2.45, 2.75) is 12.9 Å². The molecule has 29 heavy (non-hydrogen) atoms. The summed E-state index contributed by atoms with van der Waals surface area (Å²) in [6.07, 6.45) is -3.45. The summed E-state index contributed by atoms with van der Waals surface area (Å²) >= 11 is 0. The summed E-state index contributed by atoms with van der Waals surface area (Å²) in [5.74, 6) is -0.303. The van der Waals surface area contributed by atoms with Gasteiger partial charge in [-0.1, -0.05) is 6.07 Å². The van der Waals surface area contributed by atoms with Crippen LogP contribution >= 0.6 is 0 Å². The van der Waals surface area contributed by atoms with Gasteiger partial charge in [0.2, 0.25) is 0 Å². The van der Waals surface area contributed by atoms with Gasteiger partial charge in [-0.3, -0.25) is 4.79 Å². The highest BCUT2D eigenvalue weighted by Gasteiger charge is 2.31. The van der Waals surface area contributed by atoms with Crippen LogP contribution in [0.4, 0.5) is 13.2 Å². The highest BCUT2D eigenvalue weighted by atomic mass is 19.4. The standard InChI is InChI=1S/C20H16F3N3O3/c1-28-16-7-5-13(6-8-16)18-10-15(25-12-26-18)11-24-19(27)14-3-2-4-17(9-14)29-20(21,22)23/h2-10,12H,11H2,1H3,(H,24,27). The Morgan fingerprint density at radius 3 is 2.48 bits per heavy atom. The number of aromatic nitrogens is 2. The molecule has 0 radical (unpaired) electrons. The summed E-state index contributed by atoms with van der Waals surface area (Å²) in [4.78, 5) is 20.6. The first-order valence-corrected chi connectivity index (χ1v) is 8.43. The maximum Gasteiger partial charge on any atom is 0.573 e. The Morgan fingerprint density at radius 2 is 1.79 bits per heavy atom. The average Bonchev–Trinajstić information content (AvgIpc) is 2.71. The normalized spacial score (nSPS) is 11.0. The van der Waals surface area contributed by atoms with Gasteiger partial charge in [-0.05, 0) is 48.5 Å². The number of amides is 1. The smallest absolute Gasteiger partial charge is 0.497 e. The van der Waals surface area contributed by atoms with Gasteiger partial charge in [0.25, 0.3) is 5.91 Å². The molecule has 0 spiro atoms. The molecular weight excluding hydrogens is 387 g/mol. The number of benzene rings is 2. The minimum absolute atomic E-state index is 0.0381. The molecule has 0 saturated heterocycles. The molecule has 1 aromatic heterocycles. The fourth-order valence-electron chi connectivity index (χ4n) is 2.52. The Balaban J connectivity index is 1.67. The maximum absolute atomic E-state index is 12.3. The summed E-state index contributed by atoms with van der Waals surface area (Å²) in [5.41, 5.74) is 2.09. The second-order valence-electron chi connectivity index (χ2n) is 5.88. The molecule has 3 aromatic rings. The van der Waals surface area contributed by atoms with Crippen LogP contribution in [0, 0.1) is 0 Å². The summed E-state index contributed by atoms with van der Waals surface area (Å²) in [6, 6.07) is 13.8. The molecule has 6 nitrogen and oxygen atoms in total. The summed E-state index contributed by atoms with van der Waals surface area (Å²) < 4.78 is 45.9. The van der Waals surface area contributed by atoms with Gasteiger partial charge in [0.15, 0.2) is 0 Å². The average molecular weight is 403 g/mol. The van der Waals surface area contributed by atoms with Crippen LogP contribution in [-0.4, -0.2) is 29.3 Å². The molecule has 0 aliphatic carbocycles. The zero-order valence-electron chi connectivity index (χ0n) is 15.2. The van der Waals surface area contributed by atoms with Gasteiger partial charge in [0.05, 0.1) is 25.0 Å². The van der Waals surface area contributed by atoms with Crippen molar-refractivity contribution in [3.63, 3.8) is 0 Å². The molecule has 2 aromatic carbocycles. The molecular formula is C20H16F3N3O3. The van der Waals surface area contributed by atoms with Gasteiger partial charge in [-0.25, -0.2) is 9.97 Å². The first-order chi connectivity index (χ1) is 13.8. The minimum atomic E-state index is -4.83. The van der Waals surface area contributed by atoms with E-state index in [2.05, 4.69) is 20.0 Å². The maximum atomic E-state index is 12.3. The van der Waals surface area contributed by atoms with E-state index in [9.17, 15) is 18.0 Å². The fraction of sp³-hybridized carbons (Fsp3) is 0.150. The van der Waals surface area contributed by atoms with Gasteiger partial charge >= 0.3 is 6.36 Å². The summed E-state index contributed by atoms with van der Waals surface area (Å²) in [6.45, 7) is 0.0782. The summed E-state index contributed by atoms with van der Waals surface area (Å²) in [5, 5.41) is 2.62. The number of rotatable bonds is 6. The molecule has 0 aliphatic rings. The molecule has 0 aliphatic heterocycles. The minimum Gasteiger partial charge on any atom is -0.497 e. The van der Waals surface area contributed by atoms with E-state index in [4.69, 9.17) is 4.74 Å². The van der Waals surface area contributed by atoms with Crippen molar-refractivity contribution in [1.82, 2.24) is 15.3 Å². The number of carbonyl (C=O) groups excluding carboxylic acids is 1. The molecule has 9 heteroatoms. The van der Waals surface area contributed by atoms with E-state index in [1.165, 1.54) is 18.5 Å². The zero-order chi connectivity index (χ0) is 20.9. The number of methoxy groups -OCH3 is 1. The molecule has 0 bridgehead atoms. The van der Waals surface area contributed by atoms with Crippen LogP contribution < -0.4 is 14.8 Å². The van der Waals surface area contributed by atoms with Crippen molar-refractivity contribution >= 4 is 5.91 Å². The van der Waals surface area contributed by atoms with Crippen LogP contribution in [0.25, 0.3) is 11.3 Å². The second-order valence-corrected chi connectivity index (χ2v) is 5.88. The van der Waals surface area contributed by atoms with Crippen LogP contribution in [0.5, 0.6) is 11.5 Å². The number of ether oxygens (including phenoxy) is 2. The lowest BCUT2D eigenvalue weighted by Gasteiger charge is -2.10. The van der Waals surface area contributed by atoms with E-state index >= 15 is 0 Å². The van der Waals surface area contributed by atoms with Crippen molar-refractivity contribution in [2.75, 3.05) is 7.11 Å². The lowest BCUT2D eigenvalue weighted by molar-refractivity contribution is -0.274. The van der Waals surface area contributed by atoms with Gasteiger partial charge in [-0.2, -0.15) is 0 Å². The zero-order valence-corrected chi connectivity index (χ0v) is 15.2. The third kappa shape index (κ3) is 5.68. The molecule has 1 N–H and O–H groups in total. The molecule has 0 atom stereocenters. The largest absolute Gasteiger partial charge is 0.573 e. The van der Waals surface area contributed by atoms with Crippen LogP contribution in [-0.2, 0) is 6.54 Å². The number of halogens is 3. The topological polar surface area (TPSA) is 73.3 Å². The van der Waals surface area contributed by atoms with E-state index in [-0.39, 0.29) is 12.1 Å². The van der Waals surface area contributed by atoms with E-state index in [1.807, 2.05) is 12.1 Å². The number of hydrogen-bond acceptors (Lipinski definition) is 5. The van der Waals surface area contributed by atoms with Crippen LogP contribution in [0.1, 0.15) is 16.1 Å². The quantitative estimate of drug-likeness (QED) is 0.674. The Labute approximate surface area is 164 Å². The second kappa shape index (κ2) is 8.59. The van der Waals surface area contributed by atoms with Crippen LogP contribution in [0.2, 0.25) is 0 Å². The molecule has 150 valence electrons. The molecule has 1 heterocycles. The lowest BCUT2D eigenvalue weighted by Crippen LogP contribution is -2.23. The monoisotopic (exact) mass is 403 g/mol. The molecule has 0 saturated carbocycles. The molecule has 1 amide bonds. The van der Waals surface area contributed by atoms with Gasteiger partial charge in [-0.15, -0.1) is 13.2 Å². The number of nitrogens with zero attached hydrogens (tertiary/aromatic N) is 2. The van der Waals surface area contributed by atoms with Crippen molar-refractivity contribution in [3.8, 4) is 22.8 Å². The van der Waals surface area contributed by atoms with Gasteiger partial charge < -0.3 is 14.8 Å². The van der Waals surface area contributed by atoms with Crippen LogP contribution in [0.15, 0.2) is 60.9 Å². The number of carbonyl (C=O) groups is 1. The lowest BCUT2D eigenvalue weighted by atomic mass is 10.1. The highest BCUT2D eigenvalue weighted by Crippen LogP contribution is 2.23. The number of nitrogens with one attached hydrogen (secondary N) is 1. The number of alkyl halides is 3. The van der Waals surface area contributed by atoms with E-state index < -0.39 is 18.0 Å². The predicted molar refractivity (Wildman–Crippen MR) is 98.3 cm³/mol. The Kier molecular flexibility index (Phi) is 5.96. The Morgan fingerprint density at radius 1 is 1.03 bits per heavy atom. The predicted octanol–water partition coefficient (Wildman–Crippen LogP) is 3.98. The molecule has 3 rings (SSSR count). The first-order valence-electron chi connectivity index (χ1n) is 8.43. The number of hydrogen-bond donors (Lipinski definition) is 1. The summed E-state index contributed by atoms with van der Waals surface area (Å²) in [7, 11) is 1.57. The van der Waals surface area contributed by atoms with Crippen LogP contribution in [0.3, 0.4) is 0 Å². The van der Waals surface area contributed by atoms with Crippen molar-refractivity contribution < 1.29 is 27.4 Å². The van der Waals surface area contributed by atoms with Crippen molar-refractivity contribution in [2.24, 2.45) is 0 Å². The van der Waals surface area contributed by atoms with E-state index in [0.29, 0.717) is 17.1 Å². The first kappa shape index (κ1) is 20.1. The SMILES string of the molecule is COc1ccc(-c2cc(CNC(=O)c3cccc(OC(F)(F)F)c3)ncn2)cc1. The van der Waals surface area contributed by atoms with E-state index in [0.717, 1.165) is 17.7 Å². The molecule has 0 fully saturated rings. The van der Waals surface area contributed by atoms with Crippen molar-refractivity contribution in [3.05, 3.63) is 72.2 Å². The van der Waals surface area contributed by atoms with Gasteiger partial charge in [0.1, 0.15) is 17.8 Å². The van der Waals surface area contributed by atoms with Crippen molar-refractivity contribution in [1.29, 1.82) is 0 Å².